The number of rotatable bonds is 3. The second-order valence-corrected chi connectivity index (χ2v) is 8.92. The lowest BCUT2D eigenvalue weighted by atomic mass is 9.82. The Morgan fingerprint density at radius 3 is 2.59 bits per heavy atom. The lowest BCUT2D eigenvalue weighted by Gasteiger charge is -2.18. The minimum atomic E-state index is -0.293. The highest BCUT2D eigenvalue weighted by Crippen LogP contribution is 2.39. The predicted octanol–water partition coefficient (Wildman–Crippen LogP) is 4.70. The molecule has 5 nitrogen and oxygen atoms in total. The lowest BCUT2D eigenvalue weighted by Crippen LogP contribution is -2.31. The number of nitrogens with zero attached hydrogens (tertiary/aromatic N) is 1. The fraction of sp³-hybridized carbons (Fsp3) is 0.261. The molecule has 2 aromatic carbocycles. The van der Waals surface area contributed by atoms with Gasteiger partial charge in [0, 0.05) is 14.8 Å². The number of imide groups is 1. The standard InChI is InChI=1S/C23H21IN2O3/c1-13-6-8-18-19(10-13)23(29)26(22(18)28)17-5-3-4-15(12-17)21(27)25-20-9-7-16(24)11-14(20)2/h3-7,9,11-12,18-19H,8,10H2,1-2H3,(H,25,27). The molecule has 2 atom stereocenters. The third kappa shape index (κ3) is 3.73. The van der Waals surface area contributed by atoms with Crippen LogP contribution in [0.5, 0.6) is 0 Å². The number of hydrogen-bond acceptors (Lipinski definition) is 3. The summed E-state index contributed by atoms with van der Waals surface area (Å²) in [6.45, 7) is 3.93. The van der Waals surface area contributed by atoms with Crippen molar-refractivity contribution in [3.8, 4) is 0 Å². The minimum absolute atomic E-state index is 0.168. The maximum absolute atomic E-state index is 12.9. The number of allylic oxidation sites excluding steroid dienone is 2. The molecule has 1 heterocycles. The average Bonchev–Trinajstić information content (AvgIpc) is 2.94. The van der Waals surface area contributed by atoms with Crippen molar-refractivity contribution in [1.82, 2.24) is 0 Å². The first-order valence-corrected chi connectivity index (χ1v) is 10.6. The Bertz CT molecular complexity index is 1060. The number of amides is 3. The Morgan fingerprint density at radius 1 is 1.07 bits per heavy atom. The summed E-state index contributed by atoms with van der Waals surface area (Å²) in [5, 5.41) is 2.91. The topological polar surface area (TPSA) is 66.5 Å². The van der Waals surface area contributed by atoms with Gasteiger partial charge in [-0.2, -0.15) is 0 Å². The molecule has 3 amide bonds. The van der Waals surface area contributed by atoms with Crippen LogP contribution >= 0.6 is 22.6 Å². The van der Waals surface area contributed by atoms with E-state index < -0.39 is 0 Å². The van der Waals surface area contributed by atoms with E-state index in [0.717, 1.165) is 20.4 Å². The van der Waals surface area contributed by atoms with Crippen LogP contribution in [0.15, 0.2) is 54.1 Å². The molecule has 2 aromatic rings. The van der Waals surface area contributed by atoms with E-state index in [1.54, 1.807) is 24.3 Å². The molecule has 1 fully saturated rings. The second-order valence-electron chi connectivity index (χ2n) is 7.68. The molecule has 148 valence electrons. The van der Waals surface area contributed by atoms with Gasteiger partial charge in [0.1, 0.15) is 0 Å². The molecule has 1 saturated heterocycles. The first kappa shape index (κ1) is 19.8. The van der Waals surface area contributed by atoms with Crippen molar-refractivity contribution in [3.05, 3.63) is 68.8 Å². The van der Waals surface area contributed by atoms with Gasteiger partial charge in [-0.05, 0) is 91.2 Å². The Hall–Kier alpha value is -2.48. The normalized spacial score (nSPS) is 21.1. The van der Waals surface area contributed by atoms with E-state index in [1.807, 2.05) is 38.1 Å². The largest absolute Gasteiger partial charge is 0.322 e. The van der Waals surface area contributed by atoms with Crippen LogP contribution in [0.1, 0.15) is 35.7 Å². The third-order valence-electron chi connectivity index (χ3n) is 5.63. The van der Waals surface area contributed by atoms with Gasteiger partial charge in [0.05, 0.1) is 17.5 Å². The maximum Gasteiger partial charge on any atom is 0.255 e. The van der Waals surface area contributed by atoms with E-state index >= 15 is 0 Å². The average molecular weight is 500 g/mol. The first-order valence-electron chi connectivity index (χ1n) is 9.56. The molecule has 4 rings (SSSR count). The fourth-order valence-corrected chi connectivity index (χ4v) is 4.69. The van der Waals surface area contributed by atoms with Gasteiger partial charge in [0.2, 0.25) is 11.8 Å². The molecule has 0 bridgehead atoms. The van der Waals surface area contributed by atoms with Crippen molar-refractivity contribution in [2.24, 2.45) is 11.8 Å². The number of anilines is 2. The van der Waals surface area contributed by atoms with Crippen molar-refractivity contribution >= 4 is 51.7 Å². The lowest BCUT2D eigenvalue weighted by molar-refractivity contribution is -0.122. The molecular weight excluding hydrogens is 479 g/mol. The third-order valence-corrected chi connectivity index (χ3v) is 6.30. The number of fused-ring (bicyclic) bond motifs is 1. The van der Waals surface area contributed by atoms with Crippen LogP contribution < -0.4 is 10.2 Å². The van der Waals surface area contributed by atoms with E-state index in [9.17, 15) is 14.4 Å². The van der Waals surface area contributed by atoms with Gasteiger partial charge in [0.15, 0.2) is 0 Å². The number of carbonyl (C=O) groups excluding carboxylic acids is 3. The smallest absolute Gasteiger partial charge is 0.255 e. The minimum Gasteiger partial charge on any atom is -0.322 e. The van der Waals surface area contributed by atoms with Gasteiger partial charge in [-0.25, -0.2) is 0 Å². The highest BCUT2D eigenvalue weighted by molar-refractivity contribution is 14.1. The summed E-state index contributed by atoms with van der Waals surface area (Å²) in [4.78, 5) is 39.8. The molecule has 6 heteroatoms. The zero-order chi connectivity index (χ0) is 20.7. The number of halogens is 1. The molecule has 29 heavy (non-hydrogen) atoms. The summed E-state index contributed by atoms with van der Waals surface area (Å²) in [6.07, 6.45) is 3.27. The molecule has 0 aromatic heterocycles. The molecule has 0 spiro atoms. The van der Waals surface area contributed by atoms with E-state index in [-0.39, 0.29) is 29.6 Å². The molecule has 1 N–H and O–H groups in total. The summed E-state index contributed by atoms with van der Waals surface area (Å²) >= 11 is 2.23. The monoisotopic (exact) mass is 500 g/mol. The SMILES string of the molecule is CC1=CCC2C(=O)N(c3cccc(C(=O)Nc4ccc(I)cc4C)c3)C(=O)C2C1. The first-order chi connectivity index (χ1) is 13.8. The van der Waals surface area contributed by atoms with Crippen molar-refractivity contribution in [1.29, 1.82) is 0 Å². The van der Waals surface area contributed by atoms with Gasteiger partial charge >= 0.3 is 0 Å². The van der Waals surface area contributed by atoms with E-state index in [0.29, 0.717) is 24.1 Å². The van der Waals surface area contributed by atoms with Gasteiger partial charge in [0.25, 0.3) is 5.91 Å². The highest BCUT2D eigenvalue weighted by atomic mass is 127. The summed E-state index contributed by atoms with van der Waals surface area (Å²) in [5.74, 6) is -1.20. The predicted molar refractivity (Wildman–Crippen MR) is 121 cm³/mol. The van der Waals surface area contributed by atoms with E-state index in [2.05, 4.69) is 27.9 Å². The van der Waals surface area contributed by atoms with Crippen LogP contribution in [0.2, 0.25) is 0 Å². The molecule has 0 radical (unpaired) electrons. The van der Waals surface area contributed by atoms with Crippen molar-refractivity contribution < 1.29 is 14.4 Å². The van der Waals surface area contributed by atoms with Crippen LogP contribution in [-0.2, 0) is 9.59 Å². The number of carbonyl (C=O) groups is 3. The highest BCUT2D eigenvalue weighted by Gasteiger charge is 2.48. The van der Waals surface area contributed by atoms with E-state index in [4.69, 9.17) is 0 Å². The zero-order valence-corrected chi connectivity index (χ0v) is 18.4. The quantitative estimate of drug-likeness (QED) is 0.378. The van der Waals surface area contributed by atoms with E-state index in [1.165, 1.54) is 4.90 Å². The Kier molecular flexibility index (Phi) is 5.29. The number of nitrogens with one attached hydrogen (secondary N) is 1. The van der Waals surface area contributed by atoms with Crippen LogP contribution in [-0.4, -0.2) is 17.7 Å². The molecular formula is C23H21IN2O3. The molecule has 1 aliphatic carbocycles. The number of aryl methyl sites for hydroxylation is 1. The molecule has 1 aliphatic heterocycles. The molecule has 0 saturated carbocycles. The van der Waals surface area contributed by atoms with Crippen LogP contribution in [0.3, 0.4) is 0 Å². The van der Waals surface area contributed by atoms with Gasteiger partial charge in [-0.1, -0.05) is 17.7 Å². The van der Waals surface area contributed by atoms with Gasteiger partial charge in [-0.15, -0.1) is 0 Å². The Morgan fingerprint density at radius 2 is 1.83 bits per heavy atom. The second kappa shape index (κ2) is 7.74. The maximum atomic E-state index is 12.9. The van der Waals surface area contributed by atoms with Gasteiger partial charge in [-0.3, -0.25) is 19.3 Å². The molecule has 2 unspecified atom stereocenters. The van der Waals surface area contributed by atoms with Crippen molar-refractivity contribution in [3.63, 3.8) is 0 Å². The number of benzene rings is 2. The van der Waals surface area contributed by atoms with Crippen molar-refractivity contribution in [2.45, 2.75) is 26.7 Å². The van der Waals surface area contributed by atoms with Crippen LogP contribution in [0.25, 0.3) is 0 Å². The number of hydrogen-bond donors (Lipinski definition) is 1. The summed E-state index contributed by atoms with van der Waals surface area (Å²) < 4.78 is 1.09. The summed E-state index contributed by atoms with van der Waals surface area (Å²) in [5.41, 5.74) is 3.72. The Labute approximate surface area is 183 Å². The van der Waals surface area contributed by atoms with Crippen LogP contribution in [0.4, 0.5) is 11.4 Å². The van der Waals surface area contributed by atoms with Crippen LogP contribution in [0, 0.1) is 22.3 Å². The fourth-order valence-electron chi connectivity index (χ4n) is 4.04. The van der Waals surface area contributed by atoms with Crippen molar-refractivity contribution in [2.75, 3.05) is 10.2 Å². The summed E-state index contributed by atoms with van der Waals surface area (Å²) in [6, 6.07) is 12.5. The summed E-state index contributed by atoms with van der Waals surface area (Å²) in [7, 11) is 0. The zero-order valence-electron chi connectivity index (χ0n) is 16.2. The van der Waals surface area contributed by atoms with Gasteiger partial charge < -0.3 is 5.32 Å². The molecule has 2 aliphatic rings. The Balaban J connectivity index is 1.58.